The van der Waals surface area contributed by atoms with Gasteiger partial charge in [0.1, 0.15) is 6.33 Å². The number of aryl methyl sites for hydroxylation is 1. The maximum atomic E-state index is 11.9. The van der Waals surface area contributed by atoms with Crippen LogP contribution in [-0.2, 0) is 6.42 Å². The van der Waals surface area contributed by atoms with Gasteiger partial charge in [0.15, 0.2) is 5.82 Å². The van der Waals surface area contributed by atoms with E-state index in [0.29, 0.717) is 5.82 Å². The lowest BCUT2D eigenvalue weighted by atomic mass is 10.2. The smallest absolute Gasteiger partial charge is 0.276 e. The molecule has 5 heteroatoms. The molecular formula is C10H12N4O. The molecule has 15 heavy (non-hydrogen) atoms. The molecule has 0 saturated heterocycles. The van der Waals surface area contributed by atoms with Crippen molar-refractivity contribution >= 4 is 0 Å². The summed E-state index contributed by atoms with van der Waals surface area (Å²) in [5.74, 6) is 0.567. The third-order valence-electron chi connectivity index (χ3n) is 2.34. The van der Waals surface area contributed by atoms with E-state index in [1.165, 1.54) is 11.0 Å². The van der Waals surface area contributed by atoms with Gasteiger partial charge < -0.3 is 0 Å². The molecule has 0 saturated carbocycles. The SMILES string of the molecule is CCc1c(C)[nH]n(-c2ccncn2)c1=O. The number of aromatic nitrogens is 4. The monoisotopic (exact) mass is 204 g/mol. The van der Waals surface area contributed by atoms with E-state index in [4.69, 9.17) is 0 Å². The molecule has 0 fully saturated rings. The van der Waals surface area contributed by atoms with E-state index in [1.54, 1.807) is 12.3 Å². The molecule has 2 aromatic rings. The van der Waals surface area contributed by atoms with Crippen LogP contribution in [0.25, 0.3) is 5.82 Å². The first kappa shape index (κ1) is 9.64. The number of aromatic amines is 1. The zero-order chi connectivity index (χ0) is 10.8. The Hall–Kier alpha value is -1.91. The predicted octanol–water partition coefficient (Wildman–Crippen LogP) is 0.826. The van der Waals surface area contributed by atoms with Crippen LogP contribution in [0.3, 0.4) is 0 Å². The van der Waals surface area contributed by atoms with Gasteiger partial charge in [0, 0.05) is 23.5 Å². The highest BCUT2D eigenvalue weighted by molar-refractivity contribution is 5.24. The Morgan fingerprint density at radius 1 is 1.53 bits per heavy atom. The van der Waals surface area contributed by atoms with E-state index in [1.807, 2.05) is 13.8 Å². The van der Waals surface area contributed by atoms with Crippen molar-refractivity contribution in [1.82, 2.24) is 19.7 Å². The molecule has 78 valence electrons. The molecule has 2 aromatic heterocycles. The molecule has 0 aromatic carbocycles. The van der Waals surface area contributed by atoms with Crippen molar-refractivity contribution in [3.05, 3.63) is 40.2 Å². The minimum atomic E-state index is -0.0336. The van der Waals surface area contributed by atoms with Crippen LogP contribution in [0.5, 0.6) is 0 Å². The molecule has 0 unspecified atom stereocenters. The van der Waals surface area contributed by atoms with E-state index < -0.39 is 0 Å². The Morgan fingerprint density at radius 3 is 2.87 bits per heavy atom. The number of nitrogens with zero attached hydrogens (tertiary/aromatic N) is 3. The predicted molar refractivity (Wildman–Crippen MR) is 56.1 cm³/mol. The van der Waals surface area contributed by atoms with Gasteiger partial charge in [0.05, 0.1) is 0 Å². The topological polar surface area (TPSA) is 63.6 Å². The summed E-state index contributed by atoms with van der Waals surface area (Å²) in [6.45, 7) is 3.85. The molecule has 0 aliphatic rings. The van der Waals surface area contributed by atoms with Gasteiger partial charge >= 0.3 is 0 Å². The van der Waals surface area contributed by atoms with Crippen LogP contribution in [-0.4, -0.2) is 19.7 Å². The molecule has 1 N–H and O–H groups in total. The summed E-state index contributed by atoms with van der Waals surface area (Å²) in [4.78, 5) is 19.7. The molecule has 5 nitrogen and oxygen atoms in total. The Bertz CT molecular complexity index is 512. The highest BCUT2D eigenvalue weighted by atomic mass is 16.1. The third kappa shape index (κ3) is 1.56. The first-order valence-corrected chi connectivity index (χ1v) is 4.81. The molecule has 0 aliphatic heterocycles. The first-order chi connectivity index (χ1) is 7.24. The number of hydrogen-bond acceptors (Lipinski definition) is 3. The van der Waals surface area contributed by atoms with Gasteiger partial charge in [-0.15, -0.1) is 0 Å². The average Bonchev–Trinajstić information content (AvgIpc) is 2.55. The minimum Gasteiger partial charge on any atom is -0.294 e. The number of H-pyrrole nitrogens is 1. The standard InChI is InChI=1S/C10H12N4O/c1-3-8-7(2)13-14(10(8)15)9-4-5-11-6-12-9/h4-6,13H,3H2,1-2H3. The number of rotatable bonds is 2. The molecule has 0 radical (unpaired) electrons. The van der Waals surface area contributed by atoms with Crippen molar-refractivity contribution in [3.63, 3.8) is 0 Å². The molecule has 0 bridgehead atoms. The second kappa shape index (κ2) is 3.68. The maximum Gasteiger partial charge on any atom is 0.276 e. The van der Waals surface area contributed by atoms with Gasteiger partial charge in [-0.1, -0.05) is 6.92 Å². The van der Waals surface area contributed by atoms with Crippen LogP contribution in [0.15, 0.2) is 23.4 Å². The Labute approximate surface area is 86.8 Å². The highest BCUT2D eigenvalue weighted by Gasteiger charge is 2.10. The van der Waals surface area contributed by atoms with E-state index in [9.17, 15) is 4.79 Å². The lowest BCUT2D eigenvalue weighted by Gasteiger charge is -1.97. The number of nitrogens with one attached hydrogen (secondary N) is 1. The van der Waals surface area contributed by atoms with Crippen LogP contribution >= 0.6 is 0 Å². The summed E-state index contributed by atoms with van der Waals surface area (Å²) in [6, 6.07) is 1.69. The fourth-order valence-electron chi connectivity index (χ4n) is 1.58. The van der Waals surface area contributed by atoms with Crippen LogP contribution in [0.2, 0.25) is 0 Å². The third-order valence-corrected chi connectivity index (χ3v) is 2.34. The van der Waals surface area contributed by atoms with Crippen LogP contribution < -0.4 is 5.56 Å². The molecular weight excluding hydrogens is 192 g/mol. The lowest BCUT2D eigenvalue weighted by molar-refractivity contribution is 0.800. The zero-order valence-corrected chi connectivity index (χ0v) is 8.69. The normalized spacial score (nSPS) is 10.5. The Balaban J connectivity index is 2.61. The van der Waals surface area contributed by atoms with E-state index in [-0.39, 0.29) is 5.56 Å². The minimum absolute atomic E-state index is 0.0336. The molecule has 0 atom stereocenters. The van der Waals surface area contributed by atoms with Crippen molar-refractivity contribution in [2.24, 2.45) is 0 Å². The summed E-state index contributed by atoms with van der Waals surface area (Å²) in [5.41, 5.74) is 1.66. The maximum absolute atomic E-state index is 11.9. The van der Waals surface area contributed by atoms with Gasteiger partial charge in [-0.2, -0.15) is 0 Å². The summed E-state index contributed by atoms with van der Waals surface area (Å²) in [6.07, 6.45) is 3.75. The second-order valence-electron chi connectivity index (χ2n) is 3.28. The van der Waals surface area contributed by atoms with Crippen molar-refractivity contribution in [3.8, 4) is 5.82 Å². The molecule has 0 aliphatic carbocycles. The van der Waals surface area contributed by atoms with Crippen molar-refractivity contribution in [1.29, 1.82) is 0 Å². The van der Waals surface area contributed by atoms with E-state index in [2.05, 4.69) is 15.1 Å². The summed E-state index contributed by atoms with van der Waals surface area (Å²) < 4.78 is 1.44. The lowest BCUT2D eigenvalue weighted by Crippen LogP contribution is -2.18. The summed E-state index contributed by atoms with van der Waals surface area (Å²) in [5, 5.41) is 2.99. The van der Waals surface area contributed by atoms with Gasteiger partial charge in [-0.25, -0.2) is 14.6 Å². The molecule has 0 spiro atoms. The highest BCUT2D eigenvalue weighted by Crippen LogP contribution is 2.03. The Kier molecular flexibility index (Phi) is 2.37. The molecule has 0 amide bonds. The van der Waals surface area contributed by atoms with Crippen molar-refractivity contribution < 1.29 is 0 Å². The fraction of sp³-hybridized carbons (Fsp3) is 0.300. The number of hydrogen-bond donors (Lipinski definition) is 1. The van der Waals surface area contributed by atoms with Crippen LogP contribution in [0.4, 0.5) is 0 Å². The van der Waals surface area contributed by atoms with Gasteiger partial charge in [-0.3, -0.25) is 9.89 Å². The van der Waals surface area contributed by atoms with E-state index in [0.717, 1.165) is 17.7 Å². The van der Waals surface area contributed by atoms with Crippen LogP contribution in [0.1, 0.15) is 18.2 Å². The van der Waals surface area contributed by atoms with E-state index >= 15 is 0 Å². The average molecular weight is 204 g/mol. The van der Waals surface area contributed by atoms with Crippen LogP contribution in [0, 0.1) is 6.92 Å². The summed E-state index contributed by atoms with van der Waals surface area (Å²) in [7, 11) is 0. The zero-order valence-electron chi connectivity index (χ0n) is 8.69. The molecule has 2 rings (SSSR count). The van der Waals surface area contributed by atoms with Crippen molar-refractivity contribution in [2.45, 2.75) is 20.3 Å². The fourth-order valence-corrected chi connectivity index (χ4v) is 1.58. The second-order valence-corrected chi connectivity index (χ2v) is 3.28. The van der Waals surface area contributed by atoms with Gasteiger partial charge in [0.2, 0.25) is 0 Å². The first-order valence-electron chi connectivity index (χ1n) is 4.81. The Morgan fingerprint density at radius 2 is 2.33 bits per heavy atom. The molecule has 2 heterocycles. The quantitative estimate of drug-likeness (QED) is 0.787. The van der Waals surface area contributed by atoms with Crippen molar-refractivity contribution in [2.75, 3.05) is 0 Å². The summed E-state index contributed by atoms with van der Waals surface area (Å²) >= 11 is 0. The van der Waals surface area contributed by atoms with Gasteiger partial charge in [-0.05, 0) is 13.3 Å². The largest absolute Gasteiger partial charge is 0.294 e. The van der Waals surface area contributed by atoms with Gasteiger partial charge in [0.25, 0.3) is 5.56 Å².